The van der Waals surface area contributed by atoms with Crippen LogP contribution in [0.15, 0.2) is 29.8 Å². The van der Waals surface area contributed by atoms with E-state index in [0.717, 1.165) is 23.6 Å². The van der Waals surface area contributed by atoms with Crippen molar-refractivity contribution < 1.29 is 9.47 Å². The van der Waals surface area contributed by atoms with Gasteiger partial charge in [-0.25, -0.2) is 0 Å². The fourth-order valence-electron chi connectivity index (χ4n) is 1.72. The van der Waals surface area contributed by atoms with Gasteiger partial charge < -0.3 is 14.8 Å². The Morgan fingerprint density at radius 1 is 1.50 bits per heavy atom. The predicted octanol–water partition coefficient (Wildman–Crippen LogP) is 3.08. The van der Waals surface area contributed by atoms with Crippen LogP contribution in [0.1, 0.15) is 18.4 Å². The average Bonchev–Trinajstić information content (AvgIpc) is 3.17. The molecule has 1 aliphatic rings. The average molecular weight is 268 g/mol. The van der Waals surface area contributed by atoms with Crippen LogP contribution in [0.25, 0.3) is 0 Å². The summed E-state index contributed by atoms with van der Waals surface area (Å²) in [5, 5.41) is 3.94. The monoisotopic (exact) mass is 267 g/mol. The molecule has 18 heavy (non-hydrogen) atoms. The summed E-state index contributed by atoms with van der Waals surface area (Å²) in [6.45, 7) is 4.70. The van der Waals surface area contributed by atoms with Gasteiger partial charge in [-0.05, 0) is 18.9 Å². The third kappa shape index (κ3) is 3.65. The van der Waals surface area contributed by atoms with Crippen molar-refractivity contribution in [1.29, 1.82) is 0 Å². The summed E-state index contributed by atoms with van der Waals surface area (Å²) in [5.41, 5.74) is 1.08. The van der Waals surface area contributed by atoms with E-state index in [-0.39, 0.29) is 0 Å². The van der Waals surface area contributed by atoms with Gasteiger partial charge in [-0.2, -0.15) is 0 Å². The van der Waals surface area contributed by atoms with E-state index in [1.165, 1.54) is 12.8 Å². The van der Waals surface area contributed by atoms with Gasteiger partial charge in [0.05, 0.1) is 7.11 Å². The molecule has 1 aromatic rings. The molecule has 4 heteroatoms. The van der Waals surface area contributed by atoms with Crippen molar-refractivity contribution in [3.05, 3.63) is 35.4 Å². The van der Waals surface area contributed by atoms with Gasteiger partial charge in [-0.1, -0.05) is 30.3 Å². The third-order valence-electron chi connectivity index (χ3n) is 2.81. The lowest BCUT2D eigenvalue weighted by Crippen LogP contribution is -2.16. The first kappa shape index (κ1) is 13.2. The van der Waals surface area contributed by atoms with E-state index < -0.39 is 0 Å². The quantitative estimate of drug-likeness (QED) is 0.824. The number of nitrogens with one attached hydrogen (secondary N) is 1. The Morgan fingerprint density at radius 3 is 2.89 bits per heavy atom. The van der Waals surface area contributed by atoms with Crippen molar-refractivity contribution >= 4 is 11.6 Å². The van der Waals surface area contributed by atoms with Crippen molar-refractivity contribution in [1.82, 2.24) is 5.32 Å². The molecule has 0 saturated heterocycles. The van der Waals surface area contributed by atoms with Gasteiger partial charge >= 0.3 is 0 Å². The second-order valence-electron chi connectivity index (χ2n) is 4.41. The van der Waals surface area contributed by atoms with Gasteiger partial charge in [0.2, 0.25) is 0 Å². The topological polar surface area (TPSA) is 30.5 Å². The molecular formula is C14H18ClNO2. The zero-order valence-electron chi connectivity index (χ0n) is 10.5. The van der Waals surface area contributed by atoms with Crippen molar-refractivity contribution in [3.63, 3.8) is 0 Å². The summed E-state index contributed by atoms with van der Waals surface area (Å²) in [6.07, 6.45) is 2.53. The molecule has 1 aliphatic carbocycles. The molecule has 0 aromatic heterocycles. The van der Waals surface area contributed by atoms with Crippen LogP contribution in [0.2, 0.25) is 0 Å². The molecule has 1 fully saturated rings. The summed E-state index contributed by atoms with van der Waals surface area (Å²) in [7, 11) is 1.63. The van der Waals surface area contributed by atoms with Crippen LogP contribution in [0.3, 0.4) is 0 Å². The van der Waals surface area contributed by atoms with Crippen molar-refractivity contribution in [3.8, 4) is 11.5 Å². The molecule has 0 radical (unpaired) electrons. The molecule has 0 atom stereocenters. The molecule has 0 bridgehead atoms. The summed E-state index contributed by atoms with van der Waals surface area (Å²) >= 11 is 5.74. The van der Waals surface area contributed by atoms with Crippen molar-refractivity contribution in [2.24, 2.45) is 0 Å². The molecule has 0 amide bonds. The lowest BCUT2D eigenvalue weighted by Gasteiger charge is -2.15. The van der Waals surface area contributed by atoms with E-state index in [9.17, 15) is 0 Å². The Labute approximate surface area is 113 Å². The lowest BCUT2D eigenvalue weighted by atomic mass is 10.2. The molecule has 0 aliphatic heterocycles. The van der Waals surface area contributed by atoms with Crippen molar-refractivity contribution in [2.45, 2.75) is 25.4 Å². The second kappa shape index (κ2) is 6.12. The number of ether oxygens (including phenoxy) is 2. The normalized spacial score (nSPS) is 14.3. The van der Waals surface area contributed by atoms with E-state index in [4.69, 9.17) is 21.1 Å². The number of hydrogen-bond donors (Lipinski definition) is 1. The highest BCUT2D eigenvalue weighted by Crippen LogP contribution is 2.32. The Morgan fingerprint density at radius 2 is 2.28 bits per heavy atom. The van der Waals surface area contributed by atoms with Crippen LogP contribution >= 0.6 is 11.6 Å². The number of hydrogen-bond acceptors (Lipinski definition) is 3. The maximum absolute atomic E-state index is 5.74. The summed E-state index contributed by atoms with van der Waals surface area (Å²) in [5.74, 6) is 1.47. The maximum atomic E-state index is 5.74. The van der Waals surface area contributed by atoms with Gasteiger partial charge in [0.25, 0.3) is 0 Å². The van der Waals surface area contributed by atoms with E-state index in [1.54, 1.807) is 7.11 Å². The molecule has 3 nitrogen and oxygen atoms in total. The highest BCUT2D eigenvalue weighted by atomic mass is 35.5. The Bertz CT molecular complexity index is 430. The number of para-hydroxylation sites is 1. The minimum absolute atomic E-state index is 0.290. The number of rotatable bonds is 7. The van der Waals surface area contributed by atoms with Crippen molar-refractivity contribution in [2.75, 3.05) is 13.7 Å². The lowest BCUT2D eigenvalue weighted by molar-refractivity contribution is 0.320. The zero-order chi connectivity index (χ0) is 13.0. The third-order valence-corrected chi connectivity index (χ3v) is 2.92. The first-order valence-corrected chi connectivity index (χ1v) is 6.44. The summed E-state index contributed by atoms with van der Waals surface area (Å²) in [4.78, 5) is 0. The molecule has 1 N–H and O–H groups in total. The Kier molecular flexibility index (Phi) is 4.50. The minimum atomic E-state index is 0.290. The van der Waals surface area contributed by atoms with Gasteiger partial charge in [0, 0.05) is 23.2 Å². The number of halogens is 1. The Balaban J connectivity index is 2.10. The van der Waals surface area contributed by atoms with Gasteiger partial charge in [0.15, 0.2) is 11.5 Å². The molecule has 0 unspecified atom stereocenters. The second-order valence-corrected chi connectivity index (χ2v) is 4.94. The molecule has 98 valence electrons. The SMILES string of the molecule is C=C(Cl)COc1c(CNC2CC2)cccc1OC. The molecule has 0 spiro atoms. The molecular weight excluding hydrogens is 250 g/mol. The van der Waals surface area contributed by atoms with E-state index in [1.807, 2.05) is 18.2 Å². The van der Waals surface area contributed by atoms with Crippen LogP contribution in [0, 0.1) is 0 Å². The van der Waals surface area contributed by atoms with Gasteiger partial charge in [0.1, 0.15) is 6.61 Å². The van der Waals surface area contributed by atoms with E-state index in [0.29, 0.717) is 17.7 Å². The molecule has 1 saturated carbocycles. The predicted molar refractivity (Wildman–Crippen MR) is 73.3 cm³/mol. The van der Waals surface area contributed by atoms with Crippen LogP contribution < -0.4 is 14.8 Å². The van der Waals surface area contributed by atoms with Crippen LogP contribution in [-0.4, -0.2) is 19.8 Å². The summed E-state index contributed by atoms with van der Waals surface area (Å²) in [6, 6.07) is 6.54. The smallest absolute Gasteiger partial charge is 0.166 e. The van der Waals surface area contributed by atoms with Gasteiger partial charge in [-0.15, -0.1) is 0 Å². The molecule has 2 rings (SSSR count). The highest BCUT2D eigenvalue weighted by molar-refractivity contribution is 6.29. The largest absolute Gasteiger partial charge is 0.493 e. The van der Waals surface area contributed by atoms with Crippen LogP contribution in [0.4, 0.5) is 0 Å². The molecule has 0 heterocycles. The first-order valence-electron chi connectivity index (χ1n) is 6.06. The summed E-state index contributed by atoms with van der Waals surface area (Å²) < 4.78 is 11.0. The van der Waals surface area contributed by atoms with E-state index >= 15 is 0 Å². The van der Waals surface area contributed by atoms with E-state index in [2.05, 4.69) is 11.9 Å². The zero-order valence-corrected chi connectivity index (χ0v) is 11.3. The maximum Gasteiger partial charge on any atom is 0.166 e. The fraction of sp³-hybridized carbons (Fsp3) is 0.429. The number of methoxy groups -OCH3 is 1. The number of benzene rings is 1. The highest BCUT2D eigenvalue weighted by Gasteiger charge is 2.21. The first-order chi connectivity index (χ1) is 8.70. The Hall–Kier alpha value is -1.19. The van der Waals surface area contributed by atoms with Gasteiger partial charge in [-0.3, -0.25) is 0 Å². The fourth-order valence-corrected chi connectivity index (χ4v) is 1.77. The van der Waals surface area contributed by atoms with Crippen LogP contribution in [-0.2, 0) is 6.54 Å². The molecule has 1 aromatic carbocycles. The van der Waals surface area contributed by atoms with Crippen LogP contribution in [0.5, 0.6) is 11.5 Å². The standard InChI is InChI=1S/C14H18ClNO2/c1-10(15)9-18-14-11(8-16-12-6-7-12)4-3-5-13(14)17-2/h3-5,12,16H,1,6-9H2,2H3. The minimum Gasteiger partial charge on any atom is -0.493 e.